The number of H-pyrrole nitrogens is 1. The van der Waals surface area contributed by atoms with Gasteiger partial charge in [-0.05, 0) is 24.1 Å². The van der Waals surface area contributed by atoms with Crippen LogP contribution in [-0.2, 0) is 4.79 Å². The molecule has 0 saturated carbocycles. The van der Waals surface area contributed by atoms with Crippen molar-refractivity contribution >= 4 is 12.1 Å². The predicted molar refractivity (Wildman–Crippen MR) is 90.6 cm³/mol. The van der Waals surface area contributed by atoms with Crippen LogP contribution >= 0.6 is 0 Å². The summed E-state index contributed by atoms with van der Waals surface area (Å²) >= 11 is 0. The molecule has 124 valence electrons. The second-order valence-corrected chi connectivity index (χ2v) is 5.44. The molecular formula is C18H13FN4O2. The summed E-state index contributed by atoms with van der Waals surface area (Å²) in [4.78, 5) is 27.7. The fourth-order valence-corrected chi connectivity index (χ4v) is 2.58. The normalized spacial score (nSPS) is 13.6. The highest BCUT2D eigenvalue weighted by Gasteiger charge is 2.17. The molecule has 2 heterocycles. The standard InChI is InChI=1S/C18H13FN4O2/c1-11-14(6-5-13(7-20)17(11)19)15-9-22-23(18(15)25)16-4-2-3-12(10-24)8-21-16/h2-3,5-6,8-10,22H,4H2,1H3. The largest absolute Gasteiger partial charge is 0.298 e. The fourth-order valence-electron chi connectivity index (χ4n) is 2.58. The Kier molecular flexibility index (Phi) is 4.27. The van der Waals surface area contributed by atoms with Crippen LogP contribution in [0.2, 0.25) is 0 Å². The quantitative estimate of drug-likeness (QED) is 0.854. The van der Waals surface area contributed by atoms with Gasteiger partial charge in [-0.25, -0.2) is 14.1 Å². The Morgan fingerprint density at radius 3 is 2.92 bits per heavy atom. The zero-order valence-electron chi connectivity index (χ0n) is 13.3. The van der Waals surface area contributed by atoms with Crippen molar-refractivity contribution in [2.24, 2.45) is 4.99 Å². The number of nitrogens with one attached hydrogen (secondary N) is 1. The highest BCUT2D eigenvalue weighted by atomic mass is 19.1. The van der Waals surface area contributed by atoms with E-state index in [4.69, 9.17) is 5.26 Å². The van der Waals surface area contributed by atoms with Gasteiger partial charge in [0.25, 0.3) is 5.56 Å². The van der Waals surface area contributed by atoms with Gasteiger partial charge in [0.15, 0.2) is 6.29 Å². The molecule has 25 heavy (non-hydrogen) atoms. The Balaban J connectivity index is 2.08. The molecule has 0 fully saturated rings. The van der Waals surface area contributed by atoms with E-state index < -0.39 is 5.82 Å². The molecule has 0 unspecified atom stereocenters. The van der Waals surface area contributed by atoms with Crippen LogP contribution in [0.25, 0.3) is 11.1 Å². The predicted octanol–water partition coefficient (Wildman–Crippen LogP) is 2.45. The van der Waals surface area contributed by atoms with Crippen LogP contribution in [0.1, 0.15) is 17.5 Å². The van der Waals surface area contributed by atoms with Crippen LogP contribution in [0, 0.1) is 24.1 Å². The highest BCUT2D eigenvalue weighted by molar-refractivity contribution is 5.89. The molecule has 1 aromatic heterocycles. The Morgan fingerprint density at radius 2 is 2.20 bits per heavy atom. The number of aromatic amines is 1. The first-order valence-electron chi connectivity index (χ1n) is 7.45. The molecular weight excluding hydrogens is 323 g/mol. The molecule has 0 saturated heterocycles. The molecule has 1 aromatic carbocycles. The number of halogens is 1. The van der Waals surface area contributed by atoms with Gasteiger partial charge >= 0.3 is 0 Å². The summed E-state index contributed by atoms with van der Waals surface area (Å²) in [5.41, 5.74) is 0.860. The van der Waals surface area contributed by atoms with Crippen molar-refractivity contribution in [3.8, 4) is 17.2 Å². The van der Waals surface area contributed by atoms with Crippen LogP contribution in [0.15, 0.2) is 52.0 Å². The number of rotatable bonds is 2. The average molecular weight is 336 g/mol. The second kappa shape index (κ2) is 6.53. The van der Waals surface area contributed by atoms with Gasteiger partial charge in [-0.15, -0.1) is 0 Å². The summed E-state index contributed by atoms with van der Waals surface area (Å²) in [5.74, 6) is -0.225. The molecule has 3 rings (SSSR count). The zero-order valence-corrected chi connectivity index (χ0v) is 13.3. The number of allylic oxidation sites excluding steroid dienone is 3. The maximum atomic E-state index is 14.2. The van der Waals surface area contributed by atoms with Gasteiger partial charge in [0, 0.05) is 24.4 Å². The smallest absolute Gasteiger partial charge is 0.280 e. The summed E-state index contributed by atoms with van der Waals surface area (Å²) in [6.07, 6.45) is 7.23. The van der Waals surface area contributed by atoms with E-state index in [-0.39, 0.29) is 22.2 Å². The van der Waals surface area contributed by atoms with Crippen molar-refractivity contribution in [1.82, 2.24) is 9.78 Å². The third-order valence-corrected chi connectivity index (χ3v) is 3.94. The minimum atomic E-state index is -0.638. The average Bonchev–Trinajstić information content (AvgIpc) is 2.84. The van der Waals surface area contributed by atoms with E-state index in [1.54, 1.807) is 24.3 Å². The minimum absolute atomic E-state index is 0.0677. The van der Waals surface area contributed by atoms with Crippen LogP contribution in [0.3, 0.4) is 0 Å². The van der Waals surface area contributed by atoms with Gasteiger partial charge in [0.2, 0.25) is 0 Å². The number of carbonyl (C=O) groups excluding carboxylic acids is 1. The zero-order chi connectivity index (χ0) is 18.0. The summed E-state index contributed by atoms with van der Waals surface area (Å²) in [5, 5.41) is 11.7. The Hall–Kier alpha value is -3.53. The number of aliphatic imine (C=N–C) groups is 1. The lowest BCUT2D eigenvalue weighted by Crippen LogP contribution is -2.25. The molecule has 0 spiro atoms. The van der Waals surface area contributed by atoms with Crippen molar-refractivity contribution in [1.29, 1.82) is 5.26 Å². The first-order chi connectivity index (χ1) is 12.1. The van der Waals surface area contributed by atoms with Crippen molar-refractivity contribution < 1.29 is 9.18 Å². The molecule has 7 heteroatoms. The summed E-state index contributed by atoms with van der Waals surface area (Å²) in [6.45, 7) is 1.52. The van der Waals surface area contributed by atoms with E-state index in [2.05, 4.69) is 10.1 Å². The van der Waals surface area contributed by atoms with Gasteiger partial charge in [-0.3, -0.25) is 14.7 Å². The molecule has 0 amide bonds. The molecule has 0 bridgehead atoms. The number of nitriles is 1. The van der Waals surface area contributed by atoms with Gasteiger partial charge in [-0.2, -0.15) is 5.26 Å². The number of nitrogens with zero attached hydrogens (tertiary/aromatic N) is 3. The second-order valence-electron chi connectivity index (χ2n) is 5.44. The molecule has 2 aromatic rings. The van der Waals surface area contributed by atoms with Crippen LogP contribution in [0.5, 0.6) is 0 Å². The number of aldehydes is 1. The van der Waals surface area contributed by atoms with E-state index in [1.165, 1.54) is 30.1 Å². The number of benzene rings is 1. The third-order valence-electron chi connectivity index (χ3n) is 3.94. The fraction of sp³-hybridized carbons (Fsp3) is 0.111. The van der Waals surface area contributed by atoms with Crippen molar-refractivity contribution in [2.45, 2.75) is 13.3 Å². The van der Waals surface area contributed by atoms with Crippen LogP contribution in [-0.4, -0.2) is 21.9 Å². The third kappa shape index (κ3) is 2.85. The SMILES string of the molecule is Cc1c(-c2c[nH]n(C3=NC=C(C=O)C=CC3)c2=O)ccc(C#N)c1F. The van der Waals surface area contributed by atoms with Gasteiger partial charge in [0.1, 0.15) is 17.7 Å². The van der Waals surface area contributed by atoms with E-state index >= 15 is 0 Å². The number of hydrogen-bond acceptors (Lipinski definition) is 4. The topological polar surface area (TPSA) is 91.0 Å². The lowest BCUT2D eigenvalue weighted by molar-refractivity contribution is -0.104. The minimum Gasteiger partial charge on any atom is -0.298 e. The van der Waals surface area contributed by atoms with Gasteiger partial charge in [-0.1, -0.05) is 18.2 Å². The Labute approximate surface area is 142 Å². The lowest BCUT2D eigenvalue weighted by Gasteiger charge is -2.05. The van der Waals surface area contributed by atoms with Gasteiger partial charge < -0.3 is 0 Å². The summed E-state index contributed by atoms with van der Waals surface area (Å²) < 4.78 is 15.4. The monoisotopic (exact) mass is 336 g/mol. The number of hydrogen-bond donors (Lipinski definition) is 1. The van der Waals surface area contributed by atoms with Crippen molar-refractivity contribution in [3.63, 3.8) is 0 Å². The maximum absolute atomic E-state index is 14.2. The van der Waals surface area contributed by atoms with E-state index in [9.17, 15) is 14.0 Å². The summed E-state index contributed by atoms with van der Waals surface area (Å²) in [6, 6.07) is 4.67. The molecule has 0 radical (unpaired) electrons. The van der Waals surface area contributed by atoms with Gasteiger partial charge in [0.05, 0.1) is 11.1 Å². The molecule has 1 aliphatic heterocycles. The highest BCUT2D eigenvalue weighted by Crippen LogP contribution is 2.24. The lowest BCUT2D eigenvalue weighted by atomic mass is 10.0. The van der Waals surface area contributed by atoms with Crippen molar-refractivity contribution in [2.75, 3.05) is 0 Å². The molecule has 1 aliphatic rings. The van der Waals surface area contributed by atoms with E-state index in [0.717, 1.165) is 0 Å². The Morgan fingerprint density at radius 1 is 1.40 bits per heavy atom. The Bertz CT molecular complexity index is 1050. The van der Waals surface area contributed by atoms with E-state index in [1.807, 2.05) is 0 Å². The molecule has 1 N–H and O–H groups in total. The number of aromatic nitrogens is 2. The van der Waals surface area contributed by atoms with E-state index in [0.29, 0.717) is 29.7 Å². The van der Waals surface area contributed by atoms with Crippen LogP contribution in [0.4, 0.5) is 4.39 Å². The first kappa shape index (κ1) is 16.3. The molecule has 0 atom stereocenters. The molecule has 6 nitrogen and oxygen atoms in total. The maximum Gasteiger partial charge on any atom is 0.280 e. The summed E-state index contributed by atoms with van der Waals surface area (Å²) in [7, 11) is 0. The molecule has 0 aliphatic carbocycles. The first-order valence-corrected chi connectivity index (χ1v) is 7.45. The van der Waals surface area contributed by atoms with Crippen LogP contribution < -0.4 is 5.56 Å². The van der Waals surface area contributed by atoms with Crippen molar-refractivity contribution in [3.05, 3.63) is 69.6 Å². The number of carbonyl (C=O) groups is 1.